The SMILES string of the molecule is Cc1ccc(O)c(CNCCCCN2CCN(Cc3ccccc3)CC2)n1. The van der Waals surface area contributed by atoms with E-state index in [1.165, 1.54) is 31.6 Å². The Balaban J connectivity index is 1.25. The lowest BCUT2D eigenvalue weighted by atomic mass is 10.2. The highest BCUT2D eigenvalue weighted by molar-refractivity contribution is 5.27. The van der Waals surface area contributed by atoms with Crippen molar-refractivity contribution in [2.24, 2.45) is 0 Å². The van der Waals surface area contributed by atoms with E-state index in [1.54, 1.807) is 6.07 Å². The third-order valence-electron chi connectivity index (χ3n) is 5.17. The van der Waals surface area contributed by atoms with Crippen LogP contribution < -0.4 is 5.32 Å². The highest BCUT2D eigenvalue weighted by Crippen LogP contribution is 2.14. The van der Waals surface area contributed by atoms with E-state index in [-0.39, 0.29) is 5.75 Å². The van der Waals surface area contributed by atoms with E-state index in [4.69, 9.17) is 0 Å². The number of piperazine rings is 1. The van der Waals surface area contributed by atoms with Gasteiger partial charge < -0.3 is 15.3 Å². The molecule has 1 saturated heterocycles. The summed E-state index contributed by atoms with van der Waals surface area (Å²) in [6.45, 7) is 10.4. The van der Waals surface area contributed by atoms with Crippen LogP contribution in [0.15, 0.2) is 42.5 Å². The molecule has 0 unspecified atom stereocenters. The second-order valence-corrected chi connectivity index (χ2v) is 7.41. The summed E-state index contributed by atoms with van der Waals surface area (Å²) in [6.07, 6.45) is 2.36. The van der Waals surface area contributed by atoms with Crippen LogP contribution in [0, 0.1) is 6.92 Å². The van der Waals surface area contributed by atoms with Gasteiger partial charge >= 0.3 is 0 Å². The minimum atomic E-state index is 0.279. The Morgan fingerprint density at radius 3 is 2.48 bits per heavy atom. The molecule has 1 aliphatic heterocycles. The molecule has 0 bridgehead atoms. The first-order chi connectivity index (χ1) is 13.2. The zero-order valence-corrected chi connectivity index (χ0v) is 16.4. The van der Waals surface area contributed by atoms with Gasteiger partial charge in [0, 0.05) is 45.0 Å². The van der Waals surface area contributed by atoms with E-state index in [1.807, 2.05) is 13.0 Å². The number of hydrogen-bond acceptors (Lipinski definition) is 5. The van der Waals surface area contributed by atoms with Crippen molar-refractivity contribution in [1.29, 1.82) is 0 Å². The number of nitrogens with zero attached hydrogens (tertiary/aromatic N) is 3. The Bertz CT molecular complexity index is 684. The molecule has 5 nitrogen and oxygen atoms in total. The maximum Gasteiger partial charge on any atom is 0.138 e. The van der Waals surface area contributed by atoms with Crippen molar-refractivity contribution in [2.75, 3.05) is 39.3 Å². The number of rotatable bonds is 9. The Kier molecular flexibility index (Phi) is 7.63. The molecular weight excluding hydrogens is 336 g/mol. The molecule has 0 aliphatic carbocycles. The summed E-state index contributed by atoms with van der Waals surface area (Å²) >= 11 is 0. The second kappa shape index (κ2) is 10.4. The molecule has 1 aromatic heterocycles. The molecule has 2 N–H and O–H groups in total. The smallest absolute Gasteiger partial charge is 0.138 e. The van der Waals surface area contributed by atoms with E-state index in [9.17, 15) is 5.11 Å². The highest BCUT2D eigenvalue weighted by Gasteiger charge is 2.16. The predicted molar refractivity (Wildman–Crippen MR) is 110 cm³/mol. The Morgan fingerprint density at radius 1 is 0.963 bits per heavy atom. The topological polar surface area (TPSA) is 51.6 Å². The van der Waals surface area contributed by atoms with Crippen LogP contribution in [0.5, 0.6) is 5.75 Å². The minimum absolute atomic E-state index is 0.279. The fourth-order valence-electron chi connectivity index (χ4n) is 3.54. The predicted octanol–water partition coefficient (Wildman–Crippen LogP) is 2.78. The maximum atomic E-state index is 9.81. The van der Waals surface area contributed by atoms with Crippen LogP contribution in [0.4, 0.5) is 0 Å². The van der Waals surface area contributed by atoms with Crippen LogP contribution in [0.2, 0.25) is 0 Å². The van der Waals surface area contributed by atoms with Crippen LogP contribution in [0.3, 0.4) is 0 Å². The zero-order chi connectivity index (χ0) is 18.9. The largest absolute Gasteiger partial charge is 0.506 e. The molecule has 3 rings (SSSR count). The molecule has 146 valence electrons. The van der Waals surface area contributed by atoms with E-state index < -0.39 is 0 Å². The lowest BCUT2D eigenvalue weighted by Gasteiger charge is -2.34. The number of benzene rings is 1. The number of nitrogens with one attached hydrogen (secondary N) is 1. The maximum absolute atomic E-state index is 9.81. The van der Waals surface area contributed by atoms with Crippen LogP contribution in [-0.2, 0) is 13.1 Å². The van der Waals surface area contributed by atoms with Gasteiger partial charge in [-0.3, -0.25) is 9.88 Å². The van der Waals surface area contributed by atoms with Crippen molar-refractivity contribution in [3.05, 3.63) is 59.4 Å². The summed E-state index contributed by atoms with van der Waals surface area (Å²) in [5.74, 6) is 0.279. The van der Waals surface area contributed by atoms with Gasteiger partial charge in [-0.1, -0.05) is 30.3 Å². The quantitative estimate of drug-likeness (QED) is 0.667. The van der Waals surface area contributed by atoms with Gasteiger partial charge in [0.2, 0.25) is 0 Å². The minimum Gasteiger partial charge on any atom is -0.506 e. The molecule has 0 saturated carbocycles. The molecule has 2 aromatic rings. The molecular formula is C22H32N4O. The van der Waals surface area contributed by atoms with E-state index >= 15 is 0 Å². The summed E-state index contributed by atoms with van der Waals surface area (Å²) in [6, 6.07) is 14.3. The van der Waals surface area contributed by atoms with Gasteiger partial charge in [-0.2, -0.15) is 0 Å². The first-order valence-corrected chi connectivity index (χ1v) is 10.1. The fraction of sp³-hybridized carbons (Fsp3) is 0.500. The third-order valence-corrected chi connectivity index (χ3v) is 5.17. The van der Waals surface area contributed by atoms with Gasteiger partial charge in [0.15, 0.2) is 0 Å². The van der Waals surface area contributed by atoms with E-state index in [0.717, 1.165) is 44.0 Å². The van der Waals surface area contributed by atoms with Crippen LogP contribution in [0.25, 0.3) is 0 Å². The summed E-state index contributed by atoms with van der Waals surface area (Å²) in [4.78, 5) is 9.50. The number of pyridine rings is 1. The fourth-order valence-corrected chi connectivity index (χ4v) is 3.54. The first kappa shape index (κ1) is 19.8. The lowest BCUT2D eigenvalue weighted by molar-refractivity contribution is 0.125. The van der Waals surface area contributed by atoms with Gasteiger partial charge in [-0.15, -0.1) is 0 Å². The van der Waals surface area contributed by atoms with Gasteiger partial charge in [-0.25, -0.2) is 0 Å². The summed E-state index contributed by atoms with van der Waals surface area (Å²) in [5.41, 5.74) is 3.09. The van der Waals surface area contributed by atoms with Gasteiger partial charge in [0.05, 0.1) is 5.69 Å². The van der Waals surface area contributed by atoms with Crippen LogP contribution in [0.1, 0.15) is 29.8 Å². The number of aromatic nitrogens is 1. The van der Waals surface area contributed by atoms with Gasteiger partial charge in [0.25, 0.3) is 0 Å². The molecule has 0 atom stereocenters. The van der Waals surface area contributed by atoms with Crippen LogP contribution >= 0.6 is 0 Å². The third kappa shape index (κ3) is 6.61. The monoisotopic (exact) mass is 368 g/mol. The average molecular weight is 369 g/mol. The highest BCUT2D eigenvalue weighted by atomic mass is 16.3. The molecule has 0 radical (unpaired) electrons. The van der Waals surface area contributed by atoms with Gasteiger partial charge in [-0.05, 0) is 50.6 Å². The molecule has 5 heteroatoms. The molecule has 1 aromatic carbocycles. The average Bonchev–Trinajstić information content (AvgIpc) is 2.69. The Labute approximate surface area is 163 Å². The van der Waals surface area contributed by atoms with Crippen LogP contribution in [-0.4, -0.2) is 59.2 Å². The summed E-state index contributed by atoms with van der Waals surface area (Å²) in [7, 11) is 0. The summed E-state index contributed by atoms with van der Waals surface area (Å²) in [5, 5.41) is 13.2. The number of aromatic hydroxyl groups is 1. The van der Waals surface area contributed by atoms with Crippen molar-refractivity contribution in [2.45, 2.75) is 32.9 Å². The van der Waals surface area contributed by atoms with E-state index in [2.05, 4.69) is 50.4 Å². The van der Waals surface area contributed by atoms with Crippen molar-refractivity contribution in [3.8, 4) is 5.75 Å². The molecule has 1 aliphatic rings. The number of hydrogen-bond donors (Lipinski definition) is 2. The standard InChI is InChI=1S/C22H32N4O/c1-19-9-10-22(27)21(24-19)17-23-11-5-6-12-25-13-15-26(16-14-25)18-20-7-3-2-4-8-20/h2-4,7-10,23,27H,5-6,11-18H2,1H3. The molecule has 2 heterocycles. The second-order valence-electron chi connectivity index (χ2n) is 7.41. The van der Waals surface area contributed by atoms with Crippen molar-refractivity contribution < 1.29 is 5.11 Å². The van der Waals surface area contributed by atoms with Crippen molar-refractivity contribution in [3.63, 3.8) is 0 Å². The van der Waals surface area contributed by atoms with Crippen molar-refractivity contribution >= 4 is 0 Å². The first-order valence-electron chi connectivity index (χ1n) is 10.1. The number of unbranched alkanes of at least 4 members (excludes halogenated alkanes) is 1. The van der Waals surface area contributed by atoms with E-state index in [0.29, 0.717) is 6.54 Å². The molecule has 0 amide bonds. The zero-order valence-electron chi connectivity index (χ0n) is 16.4. The normalized spacial score (nSPS) is 15.9. The van der Waals surface area contributed by atoms with Crippen molar-refractivity contribution in [1.82, 2.24) is 20.1 Å². The summed E-state index contributed by atoms with van der Waals surface area (Å²) < 4.78 is 0. The molecule has 1 fully saturated rings. The molecule has 27 heavy (non-hydrogen) atoms. The lowest BCUT2D eigenvalue weighted by Crippen LogP contribution is -2.46. The molecule has 0 spiro atoms. The Morgan fingerprint density at radius 2 is 1.70 bits per heavy atom. The Hall–Kier alpha value is -1.95. The van der Waals surface area contributed by atoms with Gasteiger partial charge in [0.1, 0.15) is 5.75 Å². The number of aryl methyl sites for hydroxylation is 1.